The summed E-state index contributed by atoms with van der Waals surface area (Å²) >= 11 is 0. The van der Waals surface area contributed by atoms with Gasteiger partial charge in [0, 0.05) is 19.5 Å². The summed E-state index contributed by atoms with van der Waals surface area (Å²) in [7, 11) is 0. The van der Waals surface area contributed by atoms with Gasteiger partial charge in [0.15, 0.2) is 6.10 Å². The van der Waals surface area contributed by atoms with E-state index < -0.39 is 18.0 Å². The van der Waals surface area contributed by atoms with Gasteiger partial charge in [0.25, 0.3) is 0 Å². The molecule has 1 aromatic carbocycles. The standard InChI is InChI=1S/C16H18N2O3/c1-12(10-17)21-16(20)14-9-15(19)18(11-14)8-7-13-5-3-2-4-6-13/h2-6,12,14H,7-9,11H2,1H3/t12-,14-/m0/s1. The first-order valence-corrected chi connectivity index (χ1v) is 7.02. The highest BCUT2D eigenvalue weighted by atomic mass is 16.5. The van der Waals surface area contributed by atoms with Crippen molar-refractivity contribution in [3.63, 3.8) is 0 Å². The Morgan fingerprint density at radius 3 is 2.86 bits per heavy atom. The predicted molar refractivity (Wildman–Crippen MR) is 76.0 cm³/mol. The number of benzene rings is 1. The molecule has 0 aliphatic carbocycles. The Bertz CT molecular complexity index is 550. The van der Waals surface area contributed by atoms with Gasteiger partial charge in [-0.05, 0) is 18.9 Å². The zero-order valence-electron chi connectivity index (χ0n) is 12.0. The highest BCUT2D eigenvalue weighted by Crippen LogP contribution is 2.20. The van der Waals surface area contributed by atoms with E-state index in [9.17, 15) is 9.59 Å². The van der Waals surface area contributed by atoms with E-state index in [0.29, 0.717) is 13.1 Å². The molecular formula is C16H18N2O3. The highest BCUT2D eigenvalue weighted by molar-refractivity contribution is 5.86. The number of nitrogens with zero attached hydrogens (tertiary/aromatic N) is 2. The molecule has 1 aliphatic rings. The minimum absolute atomic E-state index is 0.0301. The van der Waals surface area contributed by atoms with Crippen LogP contribution in [0.1, 0.15) is 18.9 Å². The van der Waals surface area contributed by atoms with Crippen LogP contribution < -0.4 is 0 Å². The zero-order valence-corrected chi connectivity index (χ0v) is 12.0. The quantitative estimate of drug-likeness (QED) is 0.770. The molecule has 110 valence electrons. The van der Waals surface area contributed by atoms with Gasteiger partial charge < -0.3 is 9.64 Å². The Balaban J connectivity index is 1.85. The largest absolute Gasteiger partial charge is 0.447 e. The van der Waals surface area contributed by atoms with Crippen molar-refractivity contribution in [2.24, 2.45) is 5.92 Å². The molecule has 2 atom stereocenters. The number of nitriles is 1. The van der Waals surface area contributed by atoms with Gasteiger partial charge in [-0.3, -0.25) is 9.59 Å². The van der Waals surface area contributed by atoms with Crippen LogP contribution in [0.4, 0.5) is 0 Å². The first-order chi connectivity index (χ1) is 10.1. The van der Waals surface area contributed by atoms with Crippen LogP contribution in [-0.2, 0) is 20.7 Å². The summed E-state index contributed by atoms with van der Waals surface area (Å²) in [6, 6.07) is 11.8. The normalized spacial score (nSPS) is 19.1. The summed E-state index contributed by atoms with van der Waals surface area (Å²) in [6.45, 7) is 2.49. The lowest BCUT2D eigenvalue weighted by molar-refractivity contribution is -0.150. The van der Waals surface area contributed by atoms with Crippen LogP contribution in [0.3, 0.4) is 0 Å². The molecule has 1 heterocycles. The second-order valence-electron chi connectivity index (χ2n) is 5.18. The average Bonchev–Trinajstić information content (AvgIpc) is 2.87. The third kappa shape index (κ3) is 4.06. The molecule has 0 N–H and O–H groups in total. The van der Waals surface area contributed by atoms with Crippen molar-refractivity contribution >= 4 is 11.9 Å². The van der Waals surface area contributed by atoms with Crippen LogP contribution in [0.15, 0.2) is 30.3 Å². The van der Waals surface area contributed by atoms with E-state index in [2.05, 4.69) is 0 Å². The molecule has 1 saturated heterocycles. The van der Waals surface area contributed by atoms with E-state index >= 15 is 0 Å². The first kappa shape index (κ1) is 15.0. The highest BCUT2D eigenvalue weighted by Gasteiger charge is 2.35. The Morgan fingerprint density at radius 2 is 2.19 bits per heavy atom. The smallest absolute Gasteiger partial charge is 0.312 e. The lowest BCUT2D eigenvalue weighted by atomic mass is 10.1. The van der Waals surface area contributed by atoms with Crippen LogP contribution in [0.25, 0.3) is 0 Å². The molecule has 5 nitrogen and oxygen atoms in total. The fourth-order valence-corrected chi connectivity index (χ4v) is 2.35. The average molecular weight is 286 g/mol. The number of rotatable bonds is 5. The second-order valence-corrected chi connectivity index (χ2v) is 5.18. The minimum Gasteiger partial charge on any atom is -0.447 e. The van der Waals surface area contributed by atoms with Crippen molar-refractivity contribution in [2.75, 3.05) is 13.1 Å². The molecule has 1 fully saturated rings. The molecule has 21 heavy (non-hydrogen) atoms. The predicted octanol–water partition coefficient (Wildman–Crippen LogP) is 1.53. The second kappa shape index (κ2) is 6.89. The SMILES string of the molecule is C[C@@H](C#N)OC(=O)[C@H]1CC(=O)N(CCc2ccccc2)C1. The molecule has 0 spiro atoms. The van der Waals surface area contributed by atoms with Gasteiger partial charge in [-0.15, -0.1) is 0 Å². The van der Waals surface area contributed by atoms with E-state index in [1.165, 1.54) is 6.92 Å². The number of carbonyl (C=O) groups is 2. The summed E-state index contributed by atoms with van der Waals surface area (Å²) in [4.78, 5) is 25.4. The molecule has 1 aliphatic heterocycles. The van der Waals surface area contributed by atoms with E-state index in [0.717, 1.165) is 12.0 Å². The van der Waals surface area contributed by atoms with Gasteiger partial charge in [-0.25, -0.2) is 0 Å². The van der Waals surface area contributed by atoms with Crippen molar-refractivity contribution < 1.29 is 14.3 Å². The Morgan fingerprint density at radius 1 is 1.48 bits per heavy atom. The fourth-order valence-electron chi connectivity index (χ4n) is 2.35. The van der Waals surface area contributed by atoms with Gasteiger partial charge in [0.05, 0.1) is 5.92 Å². The summed E-state index contributed by atoms with van der Waals surface area (Å²) in [5.41, 5.74) is 1.16. The lowest BCUT2D eigenvalue weighted by Crippen LogP contribution is -2.29. The van der Waals surface area contributed by atoms with Gasteiger partial charge in [-0.1, -0.05) is 30.3 Å². The maximum absolute atomic E-state index is 11.9. The molecule has 0 unspecified atom stereocenters. The van der Waals surface area contributed by atoms with E-state index in [1.54, 1.807) is 4.90 Å². The topological polar surface area (TPSA) is 70.4 Å². The van der Waals surface area contributed by atoms with Crippen LogP contribution in [0.5, 0.6) is 0 Å². The Kier molecular flexibility index (Phi) is 4.94. The summed E-state index contributed by atoms with van der Waals surface area (Å²) in [6.07, 6.45) is 0.167. The molecule has 2 rings (SSSR count). The van der Waals surface area contributed by atoms with Crippen LogP contribution in [-0.4, -0.2) is 36.0 Å². The summed E-state index contributed by atoms with van der Waals surface area (Å²) in [5.74, 6) is -0.943. The number of hydrogen-bond donors (Lipinski definition) is 0. The fraction of sp³-hybridized carbons (Fsp3) is 0.438. The summed E-state index contributed by atoms with van der Waals surface area (Å²) < 4.78 is 4.96. The first-order valence-electron chi connectivity index (χ1n) is 7.02. The van der Waals surface area contributed by atoms with Crippen LogP contribution >= 0.6 is 0 Å². The molecule has 5 heteroatoms. The monoisotopic (exact) mass is 286 g/mol. The number of amides is 1. The third-order valence-electron chi connectivity index (χ3n) is 3.54. The molecule has 0 bridgehead atoms. The van der Waals surface area contributed by atoms with Crippen molar-refractivity contribution in [1.29, 1.82) is 5.26 Å². The third-order valence-corrected chi connectivity index (χ3v) is 3.54. The Hall–Kier alpha value is -2.35. The number of ether oxygens (including phenoxy) is 1. The molecule has 1 amide bonds. The number of hydrogen-bond acceptors (Lipinski definition) is 4. The summed E-state index contributed by atoms with van der Waals surface area (Å²) in [5, 5.41) is 8.64. The van der Waals surface area contributed by atoms with Gasteiger partial charge >= 0.3 is 5.97 Å². The minimum atomic E-state index is -0.772. The van der Waals surface area contributed by atoms with Crippen LogP contribution in [0, 0.1) is 17.2 Å². The molecule has 0 aromatic heterocycles. The van der Waals surface area contributed by atoms with Crippen molar-refractivity contribution in [2.45, 2.75) is 25.9 Å². The zero-order chi connectivity index (χ0) is 15.2. The van der Waals surface area contributed by atoms with Gasteiger partial charge in [-0.2, -0.15) is 5.26 Å². The molecule has 0 saturated carbocycles. The van der Waals surface area contributed by atoms with Crippen molar-refractivity contribution in [3.05, 3.63) is 35.9 Å². The Labute approximate surface area is 124 Å². The van der Waals surface area contributed by atoms with E-state index in [1.807, 2.05) is 36.4 Å². The molecule has 1 aromatic rings. The number of carbonyl (C=O) groups excluding carboxylic acids is 2. The molecular weight excluding hydrogens is 268 g/mol. The van der Waals surface area contributed by atoms with Crippen LogP contribution in [0.2, 0.25) is 0 Å². The maximum Gasteiger partial charge on any atom is 0.312 e. The van der Waals surface area contributed by atoms with E-state index in [-0.39, 0.29) is 12.3 Å². The van der Waals surface area contributed by atoms with Gasteiger partial charge in [0.1, 0.15) is 6.07 Å². The number of likely N-dealkylation sites (tertiary alicyclic amines) is 1. The lowest BCUT2D eigenvalue weighted by Gasteiger charge is -2.16. The van der Waals surface area contributed by atoms with Crippen molar-refractivity contribution in [1.82, 2.24) is 4.90 Å². The van der Waals surface area contributed by atoms with E-state index in [4.69, 9.17) is 10.00 Å². The van der Waals surface area contributed by atoms with Crippen molar-refractivity contribution in [3.8, 4) is 6.07 Å². The van der Waals surface area contributed by atoms with Gasteiger partial charge in [0.2, 0.25) is 5.91 Å². The number of esters is 1. The maximum atomic E-state index is 11.9. The molecule has 0 radical (unpaired) electrons.